The van der Waals surface area contributed by atoms with Gasteiger partial charge in [-0.25, -0.2) is 0 Å². The lowest BCUT2D eigenvalue weighted by Gasteiger charge is -2.27. The summed E-state index contributed by atoms with van der Waals surface area (Å²) in [6, 6.07) is 5.67. The summed E-state index contributed by atoms with van der Waals surface area (Å²) in [5.74, 6) is -0.723. The van der Waals surface area contributed by atoms with Crippen LogP contribution in [0.2, 0.25) is 0 Å². The monoisotopic (exact) mass is 439 g/mol. The van der Waals surface area contributed by atoms with Crippen LogP contribution in [0.5, 0.6) is 0 Å². The molecule has 0 aliphatic carbocycles. The fourth-order valence-corrected chi connectivity index (χ4v) is 3.16. The van der Waals surface area contributed by atoms with E-state index in [0.29, 0.717) is 6.42 Å². The molecule has 8 heteroatoms. The lowest BCUT2D eigenvalue weighted by atomic mass is 10.1. The van der Waals surface area contributed by atoms with Crippen molar-refractivity contribution in [2.45, 2.75) is 6.42 Å². The van der Waals surface area contributed by atoms with Crippen LogP contribution >= 0.6 is 45.8 Å². The van der Waals surface area contributed by atoms with Crippen molar-refractivity contribution in [1.29, 1.82) is 0 Å². The topological polar surface area (TPSA) is 78.9 Å². The van der Waals surface area contributed by atoms with E-state index in [4.69, 9.17) is 34.0 Å². The van der Waals surface area contributed by atoms with Crippen molar-refractivity contribution in [3.63, 3.8) is 0 Å². The van der Waals surface area contributed by atoms with E-state index in [0.717, 1.165) is 14.8 Å². The Morgan fingerprint density at radius 2 is 2.19 bits per heavy atom. The van der Waals surface area contributed by atoms with Crippen molar-refractivity contribution in [2.24, 2.45) is 10.7 Å². The average Bonchev–Trinajstić information content (AvgIpc) is 2.41. The number of carbonyl (C=O) groups is 1. The molecule has 1 aliphatic rings. The molecule has 0 radical (unpaired) electrons. The first-order valence-electron chi connectivity index (χ1n) is 6.02. The van der Waals surface area contributed by atoms with Crippen LogP contribution in [0.1, 0.15) is 5.56 Å². The summed E-state index contributed by atoms with van der Waals surface area (Å²) >= 11 is 14.3. The summed E-state index contributed by atoms with van der Waals surface area (Å²) in [5, 5.41) is 9.26. The highest BCUT2D eigenvalue weighted by molar-refractivity contribution is 14.1. The third-order valence-electron chi connectivity index (χ3n) is 2.97. The zero-order valence-electron chi connectivity index (χ0n) is 10.8. The summed E-state index contributed by atoms with van der Waals surface area (Å²) < 4.78 is 1.04. The van der Waals surface area contributed by atoms with Gasteiger partial charge in [0.05, 0.1) is 0 Å². The molecule has 0 saturated heterocycles. The van der Waals surface area contributed by atoms with Crippen LogP contribution in [0.15, 0.2) is 33.9 Å². The Balaban J connectivity index is 2.43. The van der Waals surface area contributed by atoms with Crippen molar-refractivity contribution >= 4 is 62.6 Å². The van der Waals surface area contributed by atoms with Crippen molar-refractivity contribution in [2.75, 3.05) is 18.2 Å². The maximum absolute atomic E-state index is 11.4. The standard InChI is InChI=1S/C13H12Cl2IN3O2/c14-11-10(13(17)21)12(15)19(6-18-11)8-1-2-9(16)7(5-8)3-4-20/h1-2,5,20H,3-4,6H2,(H2,17,21). The second-order valence-electron chi connectivity index (χ2n) is 4.30. The Labute approximate surface area is 145 Å². The normalized spacial score (nSPS) is 15.2. The first-order chi connectivity index (χ1) is 9.95. The minimum Gasteiger partial charge on any atom is -0.396 e. The lowest BCUT2D eigenvalue weighted by Crippen LogP contribution is -2.32. The van der Waals surface area contributed by atoms with Crippen molar-refractivity contribution in [1.82, 2.24) is 0 Å². The van der Waals surface area contributed by atoms with Gasteiger partial charge < -0.3 is 15.7 Å². The highest BCUT2D eigenvalue weighted by Crippen LogP contribution is 2.30. The minimum atomic E-state index is -0.723. The van der Waals surface area contributed by atoms with Gasteiger partial charge in [0.25, 0.3) is 5.91 Å². The van der Waals surface area contributed by atoms with Crippen LogP contribution < -0.4 is 10.6 Å². The van der Waals surface area contributed by atoms with E-state index in [2.05, 4.69) is 27.6 Å². The second kappa shape index (κ2) is 6.95. The summed E-state index contributed by atoms with van der Waals surface area (Å²) in [5.41, 5.74) is 7.04. The number of aliphatic hydroxyl groups is 1. The summed E-state index contributed by atoms with van der Waals surface area (Å²) in [6.07, 6.45) is 0.536. The first kappa shape index (κ1) is 16.5. The number of anilines is 1. The van der Waals surface area contributed by atoms with Gasteiger partial charge in [0.15, 0.2) is 0 Å². The van der Waals surface area contributed by atoms with Gasteiger partial charge in [-0.05, 0) is 52.8 Å². The molecular formula is C13H12Cl2IN3O2. The van der Waals surface area contributed by atoms with Gasteiger partial charge in [0.1, 0.15) is 22.6 Å². The van der Waals surface area contributed by atoms with E-state index in [1.54, 1.807) is 4.90 Å². The molecule has 5 nitrogen and oxygen atoms in total. The number of aliphatic imine (C=N–C) groups is 1. The Morgan fingerprint density at radius 3 is 2.81 bits per heavy atom. The maximum Gasteiger partial charge on any atom is 0.254 e. The SMILES string of the molecule is NC(=O)C1=C(Cl)N(c2ccc(I)c(CCO)c2)CN=C1Cl. The van der Waals surface area contributed by atoms with Crippen molar-refractivity contribution < 1.29 is 9.90 Å². The minimum absolute atomic E-state index is 0.00633. The molecule has 1 heterocycles. The van der Waals surface area contributed by atoms with E-state index >= 15 is 0 Å². The van der Waals surface area contributed by atoms with Crippen LogP contribution in [-0.4, -0.2) is 29.5 Å². The lowest BCUT2D eigenvalue weighted by molar-refractivity contribution is -0.114. The Hall–Kier alpha value is -0.830. The molecule has 0 fully saturated rings. The van der Waals surface area contributed by atoms with Gasteiger partial charge in [-0.2, -0.15) is 0 Å². The predicted molar refractivity (Wildman–Crippen MR) is 92.7 cm³/mol. The number of hydrogen-bond donors (Lipinski definition) is 2. The van der Waals surface area contributed by atoms with Gasteiger partial charge in [-0.15, -0.1) is 0 Å². The van der Waals surface area contributed by atoms with Crippen molar-refractivity contribution in [3.05, 3.63) is 38.1 Å². The van der Waals surface area contributed by atoms with Gasteiger partial charge in [0.2, 0.25) is 0 Å². The van der Waals surface area contributed by atoms with E-state index < -0.39 is 5.91 Å². The average molecular weight is 440 g/mol. The largest absolute Gasteiger partial charge is 0.396 e. The third-order valence-corrected chi connectivity index (χ3v) is 4.72. The molecule has 1 amide bonds. The highest BCUT2D eigenvalue weighted by Gasteiger charge is 2.26. The molecule has 1 aromatic carbocycles. The quantitative estimate of drug-likeness (QED) is 0.557. The molecule has 0 bridgehead atoms. The third kappa shape index (κ3) is 3.50. The van der Waals surface area contributed by atoms with E-state index in [1.807, 2.05) is 18.2 Å². The number of hydrogen-bond acceptors (Lipinski definition) is 4. The number of halogens is 3. The molecule has 112 valence electrons. The van der Waals surface area contributed by atoms with Crippen LogP contribution in [0.3, 0.4) is 0 Å². The zero-order valence-corrected chi connectivity index (χ0v) is 14.5. The van der Waals surface area contributed by atoms with E-state index in [-0.39, 0.29) is 29.2 Å². The first-order valence-corrected chi connectivity index (χ1v) is 7.86. The Morgan fingerprint density at radius 1 is 1.48 bits per heavy atom. The molecule has 0 atom stereocenters. The fourth-order valence-electron chi connectivity index (χ4n) is 1.93. The molecule has 2 rings (SSSR count). The van der Waals surface area contributed by atoms with Gasteiger partial charge in [-0.1, -0.05) is 23.2 Å². The molecule has 0 saturated carbocycles. The van der Waals surface area contributed by atoms with Crippen LogP contribution in [-0.2, 0) is 11.2 Å². The number of nitrogens with two attached hydrogens (primary N) is 1. The summed E-state index contributed by atoms with van der Waals surface area (Å²) in [4.78, 5) is 17.1. The second-order valence-corrected chi connectivity index (χ2v) is 6.18. The number of rotatable bonds is 4. The number of primary amides is 1. The molecule has 0 spiro atoms. The molecule has 1 aromatic rings. The summed E-state index contributed by atoms with van der Waals surface area (Å²) in [6.45, 7) is 0.257. The van der Waals surface area contributed by atoms with E-state index in [1.165, 1.54) is 0 Å². The maximum atomic E-state index is 11.4. The van der Waals surface area contributed by atoms with Crippen LogP contribution in [0.4, 0.5) is 5.69 Å². The predicted octanol–water partition coefficient (Wildman–Crippen LogP) is 2.18. The van der Waals surface area contributed by atoms with Crippen LogP contribution in [0.25, 0.3) is 0 Å². The van der Waals surface area contributed by atoms with Crippen molar-refractivity contribution in [3.8, 4) is 0 Å². The molecule has 21 heavy (non-hydrogen) atoms. The van der Waals surface area contributed by atoms with E-state index in [9.17, 15) is 4.79 Å². The molecule has 3 N–H and O–H groups in total. The van der Waals surface area contributed by atoms with Gasteiger partial charge in [-0.3, -0.25) is 9.79 Å². The smallest absolute Gasteiger partial charge is 0.254 e. The summed E-state index contributed by atoms with van der Waals surface area (Å²) in [7, 11) is 0. The highest BCUT2D eigenvalue weighted by atomic mass is 127. The molecule has 0 unspecified atom stereocenters. The number of amides is 1. The Kier molecular flexibility index (Phi) is 5.48. The molecule has 0 aromatic heterocycles. The zero-order chi connectivity index (χ0) is 15.6. The number of nitrogens with zero attached hydrogens (tertiary/aromatic N) is 2. The number of aliphatic hydroxyl groups excluding tert-OH is 1. The Bertz CT molecular complexity index is 646. The molecule has 1 aliphatic heterocycles. The van der Waals surface area contributed by atoms with Gasteiger partial charge in [0, 0.05) is 15.9 Å². The van der Waals surface area contributed by atoms with Crippen LogP contribution in [0, 0.1) is 3.57 Å². The number of benzene rings is 1. The van der Waals surface area contributed by atoms with Gasteiger partial charge >= 0.3 is 0 Å². The fraction of sp³-hybridized carbons (Fsp3) is 0.231. The molecular weight excluding hydrogens is 428 g/mol. The number of carbonyl (C=O) groups excluding carboxylic acids is 1.